The summed E-state index contributed by atoms with van der Waals surface area (Å²) in [4.78, 5) is 8.04. The number of halogens is 3. The molecule has 0 amide bonds. The molecule has 5 nitrogen and oxygen atoms in total. The van der Waals surface area contributed by atoms with Crippen LogP contribution in [0.2, 0.25) is 5.02 Å². The monoisotopic (exact) mass is 376 g/mol. The van der Waals surface area contributed by atoms with Crippen LogP contribution in [0.3, 0.4) is 0 Å². The molecule has 1 aromatic heterocycles. The third kappa shape index (κ3) is 3.67. The minimum atomic E-state index is -0.980. The first-order valence-electron chi connectivity index (χ1n) is 7.62. The van der Waals surface area contributed by atoms with Gasteiger partial charge in [-0.1, -0.05) is 11.6 Å². The number of rotatable bonds is 4. The zero-order valence-corrected chi connectivity index (χ0v) is 14.7. The highest BCUT2D eigenvalue weighted by atomic mass is 35.5. The van der Waals surface area contributed by atoms with E-state index in [1.54, 1.807) is 12.1 Å². The van der Waals surface area contributed by atoms with Crippen molar-refractivity contribution in [3.63, 3.8) is 0 Å². The molecule has 1 heterocycles. The maximum atomic E-state index is 13.3. The predicted octanol–water partition coefficient (Wildman–Crippen LogP) is 5.14. The van der Waals surface area contributed by atoms with Crippen molar-refractivity contribution in [2.45, 2.75) is 13.8 Å². The fourth-order valence-electron chi connectivity index (χ4n) is 2.35. The Kier molecular flexibility index (Phi) is 4.90. The van der Waals surface area contributed by atoms with Gasteiger partial charge in [0.2, 0.25) is 5.88 Å². The molecule has 0 radical (unpaired) electrons. The van der Waals surface area contributed by atoms with Crippen molar-refractivity contribution in [2.75, 3.05) is 11.1 Å². The van der Waals surface area contributed by atoms with Gasteiger partial charge in [0.1, 0.15) is 17.8 Å². The van der Waals surface area contributed by atoms with Crippen LogP contribution in [0.4, 0.5) is 26.0 Å². The number of ether oxygens (including phenoxy) is 1. The molecule has 0 saturated heterocycles. The largest absolute Gasteiger partial charge is 0.437 e. The lowest BCUT2D eigenvalue weighted by atomic mass is 10.1. The predicted molar refractivity (Wildman–Crippen MR) is 97.1 cm³/mol. The fraction of sp³-hybridized carbons (Fsp3) is 0.111. The lowest BCUT2D eigenvalue weighted by Gasteiger charge is -2.13. The van der Waals surface area contributed by atoms with E-state index < -0.39 is 11.6 Å². The van der Waals surface area contributed by atoms with Gasteiger partial charge < -0.3 is 15.8 Å². The normalized spacial score (nSPS) is 10.7. The summed E-state index contributed by atoms with van der Waals surface area (Å²) in [5.41, 5.74) is 8.18. The number of hydrogen-bond donors (Lipinski definition) is 2. The summed E-state index contributed by atoms with van der Waals surface area (Å²) < 4.78 is 32.1. The average Bonchev–Trinajstić information content (AvgIpc) is 2.59. The van der Waals surface area contributed by atoms with E-state index in [0.29, 0.717) is 16.5 Å². The SMILES string of the molecule is Cc1cc(Oc2ncnc(Nc3ccc(F)c(F)c3)c2N)cc(C)c1Cl. The van der Waals surface area contributed by atoms with Crippen molar-refractivity contribution >= 4 is 28.8 Å². The third-order valence-corrected chi connectivity index (χ3v) is 4.25. The maximum Gasteiger partial charge on any atom is 0.248 e. The molecule has 3 N–H and O–H groups in total. The minimum absolute atomic E-state index is 0.127. The summed E-state index contributed by atoms with van der Waals surface area (Å²) in [5.74, 6) is -1.06. The van der Waals surface area contributed by atoms with Gasteiger partial charge >= 0.3 is 0 Å². The van der Waals surface area contributed by atoms with E-state index in [4.69, 9.17) is 22.1 Å². The van der Waals surface area contributed by atoms with Crippen LogP contribution in [-0.4, -0.2) is 9.97 Å². The topological polar surface area (TPSA) is 73.1 Å². The van der Waals surface area contributed by atoms with E-state index in [9.17, 15) is 8.78 Å². The molecule has 8 heteroatoms. The highest BCUT2D eigenvalue weighted by Gasteiger charge is 2.13. The molecule has 2 aromatic carbocycles. The van der Waals surface area contributed by atoms with E-state index in [-0.39, 0.29) is 17.4 Å². The second-order valence-corrected chi connectivity index (χ2v) is 6.05. The number of nitrogen functional groups attached to an aromatic ring is 1. The van der Waals surface area contributed by atoms with Gasteiger partial charge in [0.15, 0.2) is 17.5 Å². The fourth-order valence-corrected chi connectivity index (χ4v) is 2.46. The number of aromatic nitrogens is 2. The van der Waals surface area contributed by atoms with Gasteiger partial charge in [0, 0.05) is 16.8 Å². The molecule has 26 heavy (non-hydrogen) atoms. The quantitative estimate of drug-likeness (QED) is 0.659. The second-order valence-electron chi connectivity index (χ2n) is 5.67. The first-order valence-corrected chi connectivity index (χ1v) is 8.00. The van der Waals surface area contributed by atoms with E-state index in [0.717, 1.165) is 23.3 Å². The van der Waals surface area contributed by atoms with Gasteiger partial charge in [-0.3, -0.25) is 0 Å². The van der Waals surface area contributed by atoms with Crippen LogP contribution in [0.25, 0.3) is 0 Å². The molecular formula is C18H15ClF2N4O. The number of nitrogens with two attached hydrogens (primary N) is 1. The molecular weight excluding hydrogens is 362 g/mol. The van der Waals surface area contributed by atoms with Crippen LogP contribution in [0.5, 0.6) is 11.6 Å². The van der Waals surface area contributed by atoms with Crippen LogP contribution < -0.4 is 15.8 Å². The lowest BCUT2D eigenvalue weighted by Crippen LogP contribution is -2.03. The van der Waals surface area contributed by atoms with E-state index >= 15 is 0 Å². The van der Waals surface area contributed by atoms with Gasteiger partial charge in [-0.2, -0.15) is 4.98 Å². The molecule has 0 spiro atoms. The molecule has 0 fully saturated rings. The Morgan fingerprint density at radius 3 is 2.38 bits per heavy atom. The Morgan fingerprint density at radius 1 is 1.04 bits per heavy atom. The minimum Gasteiger partial charge on any atom is -0.437 e. The van der Waals surface area contributed by atoms with Crippen molar-refractivity contribution in [1.29, 1.82) is 0 Å². The highest BCUT2D eigenvalue weighted by molar-refractivity contribution is 6.32. The van der Waals surface area contributed by atoms with Crippen LogP contribution in [0.1, 0.15) is 11.1 Å². The molecule has 0 aliphatic carbocycles. The first kappa shape index (κ1) is 17.9. The molecule has 134 valence electrons. The molecule has 0 saturated carbocycles. The van der Waals surface area contributed by atoms with Gasteiger partial charge in [-0.05, 0) is 49.2 Å². The lowest BCUT2D eigenvalue weighted by molar-refractivity contribution is 0.464. The molecule has 3 rings (SSSR count). The van der Waals surface area contributed by atoms with E-state index in [1.807, 2.05) is 13.8 Å². The summed E-state index contributed by atoms with van der Waals surface area (Å²) in [7, 11) is 0. The molecule has 0 bridgehead atoms. The van der Waals surface area contributed by atoms with Gasteiger partial charge in [0.05, 0.1) is 0 Å². The summed E-state index contributed by atoms with van der Waals surface area (Å²) in [6, 6.07) is 6.90. The summed E-state index contributed by atoms with van der Waals surface area (Å²) in [5, 5.41) is 3.48. The Morgan fingerprint density at radius 2 is 1.73 bits per heavy atom. The average molecular weight is 377 g/mol. The standard InChI is InChI=1S/C18H15ClF2N4O/c1-9-5-12(6-10(2)15(9)19)26-18-16(22)17(23-8-24-18)25-11-3-4-13(20)14(21)7-11/h3-8H,22H2,1-2H3,(H,23,24,25). The van der Waals surface area contributed by atoms with E-state index in [1.165, 1.54) is 12.4 Å². The number of hydrogen-bond acceptors (Lipinski definition) is 5. The van der Waals surface area contributed by atoms with Crippen molar-refractivity contribution in [3.8, 4) is 11.6 Å². The molecule has 0 aliphatic rings. The number of nitrogens with one attached hydrogen (secondary N) is 1. The van der Waals surface area contributed by atoms with Gasteiger partial charge in [-0.25, -0.2) is 13.8 Å². The number of benzene rings is 2. The number of aryl methyl sites for hydroxylation is 2. The third-order valence-electron chi connectivity index (χ3n) is 3.65. The highest BCUT2D eigenvalue weighted by Crippen LogP contribution is 2.33. The van der Waals surface area contributed by atoms with Crippen LogP contribution >= 0.6 is 11.6 Å². The van der Waals surface area contributed by atoms with Gasteiger partial charge in [-0.15, -0.1) is 0 Å². The molecule has 0 unspecified atom stereocenters. The smallest absolute Gasteiger partial charge is 0.248 e. The Bertz CT molecular complexity index is 958. The Balaban J connectivity index is 1.88. The zero-order chi connectivity index (χ0) is 18.8. The molecule has 0 atom stereocenters. The molecule has 0 aliphatic heterocycles. The summed E-state index contributed by atoms with van der Waals surface area (Å²) in [6.45, 7) is 3.73. The Labute approximate surface area is 153 Å². The van der Waals surface area contributed by atoms with Crippen LogP contribution in [0.15, 0.2) is 36.7 Å². The van der Waals surface area contributed by atoms with Crippen molar-refractivity contribution in [3.05, 3.63) is 64.4 Å². The van der Waals surface area contributed by atoms with Crippen molar-refractivity contribution in [1.82, 2.24) is 9.97 Å². The number of anilines is 3. The van der Waals surface area contributed by atoms with Crippen molar-refractivity contribution in [2.24, 2.45) is 0 Å². The van der Waals surface area contributed by atoms with Gasteiger partial charge in [0.25, 0.3) is 0 Å². The van der Waals surface area contributed by atoms with Crippen LogP contribution in [0, 0.1) is 25.5 Å². The number of nitrogens with zero attached hydrogens (tertiary/aromatic N) is 2. The van der Waals surface area contributed by atoms with Crippen LogP contribution in [-0.2, 0) is 0 Å². The van der Waals surface area contributed by atoms with E-state index in [2.05, 4.69) is 15.3 Å². The Hall–Kier alpha value is -2.93. The first-order chi connectivity index (χ1) is 12.3. The summed E-state index contributed by atoms with van der Waals surface area (Å²) >= 11 is 6.15. The van der Waals surface area contributed by atoms with Crippen molar-refractivity contribution < 1.29 is 13.5 Å². The summed E-state index contributed by atoms with van der Waals surface area (Å²) in [6.07, 6.45) is 1.25. The molecule has 3 aromatic rings. The maximum absolute atomic E-state index is 13.3. The second kappa shape index (κ2) is 7.13. The zero-order valence-electron chi connectivity index (χ0n) is 14.0.